The number of aromatic nitrogens is 3. The first-order chi connectivity index (χ1) is 15.1. The minimum Gasteiger partial charge on any atom is -0.339 e. The van der Waals surface area contributed by atoms with Crippen LogP contribution in [-0.4, -0.2) is 75.5 Å². The summed E-state index contributed by atoms with van der Waals surface area (Å²) in [6.07, 6.45) is 3.40. The molecule has 1 aromatic carbocycles. The first-order valence-corrected chi connectivity index (χ1v) is 10.5. The van der Waals surface area contributed by atoms with Crippen molar-refractivity contribution in [3.05, 3.63) is 65.8 Å². The Kier molecular flexibility index (Phi) is 6.69. The molecule has 0 spiro atoms. The zero-order valence-electron chi connectivity index (χ0n) is 18.1. The van der Waals surface area contributed by atoms with Crippen LogP contribution in [0.15, 0.2) is 53.3 Å². The molecule has 0 atom stereocenters. The van der Waals surface area contributed by atoms with Crippen LogP contribution in [0.2, 0.25) is 0 Å². The van der Waals surface area contributed by atoms with Gasteiger partial charge in [0, 0.05) is 50.7 Å². The van der Waals surface area contributed by atoms with Crippen molar-refractivity contribution in [2.75, 3.05) is 39.8 Å². The largest absolute Gasteiger partial charge is 0.339 e. The number of carbonyl (C=O) groups excluding carboxylic acids is 1. The number of piperazine rings is 1. The van der Waals surface area contributed by atoms with Gasteiger partial charge in [0.25, 0.3) is 0 Å². The zero-order chi connectivity index (χ0) is 21.6. The van der Waals surface area contributed by atoms with Crippen LogP contribution >= 0.6 is 0 Å². The van der Waals surface area contributed by atoms with Crippen LogP contribution in [0.25, 0.3) is 11.4 Å². The topological polar surface area (TPSA) is 78.6 Å². The number of likely N-dealkylation sites (N-methyl/N-ethyl adjacent to an activating group) is 1. The van der Waals surface area contributed by atoms with E-state index in [0.29, 0.717) is 24.8 Å². The second kappa shape index (κ2) is 9.80. The van der Waals surface area contributed by atoms with Crippen molar-refractivity contribution in [3.8, 4) is 11.4 Å². The average molecular weight is 421 g/mol. The smallest absolute Gasteiger partial charge is 0.241 e. The average Bonchev–Trinajstić information content (AvgIpc) is 3.23. The van der Waals surface area contributed by atoms with E-state index in [2.05, 4.69) is 51.2 Å². The van der Waals surface area contributed by atoms with E-state index in [1.807, 2.05) is 29.0 Å². The molecule has 0 aliphatic carbocycles. The number of amides is 1. The Morgan fingerprint density at radius 1 is 1.16 bits per heavy atom. The first-order valence-electron chi connectivity index (χ1n) is 10.5. The fourth-order valence-electron chi connectivity index (χ4n) is 3.77. The van der Waals surface area contributed by atoms with Gasteiger partial charge in [-0.15, -0.1) is 0 Å². The second-order valence-corrected chi connectivity index (χ2v) is 8.07. The van der Waals surface area contributed by atoms with Crippen molar-refractivity contribution in [1.29, 1.82) is 0 Å². The predicted molar refractivity (Wildman–Crippen MR) is 117 cm³/mol. The number of nitrogens with zero attached hydrogens (tertiary/aromatic N) is 6. The van der Waals surface area contributed by atoms with Crippen molar-refractivity contribution in [1.82, 2.24) is 29.8 Å². The molecular formula is C23H28N6O2. The van der Waals surface area contributed by atoms with Gasteiger partial charge in [-0.1, -0.05) is 35.0 Å². The van der Waals surface area contributed by atoms with E-state index in [9.17, 15) is 4.79 Å². The lowest BCUT2D eigenvalue weighted by atomic mass is 10.1. The van der Waals surface area contributed by atoms with E-state index in [4.69, 9.17) is 4.52 Å². The molecule has 0 unspecified atom stereocenters. The van der Waals surface area contributed by atoms with Crippen LogP contribution in [0.4, 0.5) is 0 Å². The molecular weight excluding hydrogens is 392 g/mol. The fourth-order valence-corrected chi connectivity index (χ4v) is 3.77. The Bertz CT molecular complexity index is 998. The van der Waals surface area contributed by atoms with Crippen LogP contribution in [0.5, 0.6) is 0 Å². The maximum Gasteiger partial charge on any atom is 0.241 e. The van der Waals surface area contributed by atoms with E-state index >= 15 is 0 Å². The maximum absolute atomic E-state index is 12.7. The van der Waals surface area contributed by atoms with Crippen molar-refractivity contribution in [2.45, 2.75) is 20.0 Å². The predicted octanol–water partition coefficient (Wildman–Crippen LogP) is 2.22. The van der Waals surface area contributed by atoms with Gasteiger partial charge in [-0.3, -0.25) is 19.6 Å². The highest BCUT2D eigenvalue weighted by Crippen LogP contribution is 2.15. The molecule has 162 valence electrons. The van der Waals surface area contributed by atoms with Crippen molar-refractivity contribution in [2.24, 2.45) is 0 Å². The number of rotatable bonds is 7. The molecule has 0 bridgehead atoms. The van der Waals surface area contributed by atoms with E-state index in [1.165, 1.54) is 11.1 Å². The SMILES string of the molecule is Cc1cccc(CN2CCN(C(=O)CN(C)Cc3nc(-c4cccnc4)no3)CC2)c1. The van der Waals surface area contributed by atoms with Gasteiger partial charge in [0.2, 0.25) is 17.6 Å². The lowest BCUT2D eigenvalue weighted by Crippen LogP contribution is -2.50. The maximum atomic E-state index is 12.7. The van der Waals surface area contributed by atoms with Gasteiger partial charge in [0.15, 0.2) is 0 Å². The van der Waals surface area contributed by atoms with Gasteiger partial charge in [-0.2, -0.15) is 4.98 Å². The highest BCUT2D eigenvalue weighted by atomic mass is 16.5. The van der Waals surface area contributed by atoms with Gasteiger partial charge in [0.1, 0.15) is 0 Å². The van der Waals surface area contributed by atoms with Gasteiger partial charge in [0.05, 0.1) is 13.1 Å². The highest BCUT2D eigenvalue weighted by Gasteiger charge is 2.22. The summed E-state index contributed by atoms with van der Waals surface area (Å²) in [5.74, 6) is 1.12. The molecule has 1 aliphatic rings. The highest BCUT2D eigenvalue weighted by molar-refractivity contribution is 5.78. The van der Waals surface area contributed by atoms with E-state index in [-0.39, 0.29) is 5.91 Å². The summed E-state index contributed by atoms with van der Waals surface area (Å²) < 4.78 is 5.33. The van der Waals surface area contributed by atoms with Gasteiger partial charge < -0.3 is 9.42 Å². The summed E-state index contributed by atoms with van der Waals surface area (Å²) in [6.45, 7) is 7.08. The molecule has 4 rings (SSSR count). The number of carbonyl (C=O) groups is 1. The molecule has 0 N–H and O–H groups in total. The molecule has 8 heteroatoms. The van der Waals surface area contributed by atoms with Crippen LogP contribution in [0, 0.1) is 6.92 Å². The molecule has 31 heavy (non-hydrogen) atoms. The van der Waals surface area contributed by atoms with Crippen LogP contribution in [0.3, 0.4) is 0 Å². The molecule has 1 saturated heterocycles. The number of benzene rings is 1. The number of hydrogen-bond donors (Lipinski definition) is 0. The van der Waals surface area contributed by atoms with E-state index in [0.717, 1.165) is 38.3 Å². The summed E-state index contributed by atoms with van der Waals surface area (Å²) in [6, 6.07) is 12.3. The lowest BCUT2D eigenvalue weighted by molar-refractivity contribution is -0.134. The normalized spacial score (nSPS) is 14.9. The third-order valence-electron chi connectivity index (χ3n) is 5.41. The Hall–Kier alpha value is -3.10. The summed E-state index contributed by atoms with van der Waals surface area (Å²) in [4.78, 5) is 27.5. The molecule has 0 saturated carbocycles. The third-order valence-corrected chi connectivity index (χ3v) is 5.41. The molecule has 8 nitrogen and oxygen atoms in total. The standard InChI is InChI=1S/C23H28N6O2/c1-18-5-3-6-19(13-18)15-28-9-11-29(12-10-28)22(30)17-27(2)16-21-25-23(26-31-21)20-7-4-8-24-14-20/h3-8,13-14H,9-12,15-17H2,1-2H3. The van der Waals surface area contributed by atoms with Crippen molar-refractivity contribution < 1.29 is 9.32 Å². The Morgan fingerprint density at radius 3 is 2.74 bits per heavy atom. The fraction of sp³-hybridized carbons (Fsp3) is 0.391. The van der Waals surface area contributed by atoms with Gasteiger partial charge in [-0.25, -0.2) is 0 Å². The molecule has 1 aliphatic heterocycles. The Balaban J connectivity index is 1.23. The minimum atomic E-state index is 0.129. The molecule has 1 fully saturated rings. The molecule has 0 radical (unpaired) electrons. The van der Waals surface area contributed by atoms with Crippen molar-refractivity contribution in [3.63, 3.8) is 0 Å². The molecule has 3 aromatic rings. The number of pyridine rings is 1. The molecule has 3 heterocycles. The quantitative estimate of drug-likeness (QED) is 0.580. The summed E-state index contributed by atoms with van der Waals surface area (Å²) in [5.41, 5.74) is 3.41. The van der Waals surface area contributed by atoms with Gasteiger partial charge >= 0.3 is 0 Å². The van der Waals surface area contributed by atoms with Gasteiger partial charge in [-0.05, 0) is 31.7 Å². The Morgan fingerprint density at radius 2 is 2.00 bits per heavy atom. The Labute approximate surface area is 182 Å². The first kappa shape index (κ1) is 21.1. The molecule has 1 amide bonds. The minimum absolute atomic E-state index is 0.129. The molecule has 2 aromatic heterocycles. The number of hydrogen-bond acceptors (Lipinski definition) is 7. The van der Waals surface area contributed by atoms with Crippen molar-refractivity contribution >= 4 is 5.91 Å². The lowest BCUT2D eigenvalue weighted by Gasteiger charge is -2.35. The number of aryl methyl sites for hydroxylation is 1. The van der Waals surface area contributed by atoms with Crippen LogP contribution in [0.1, 0.15) is 17.0 Å². The van der Waals surface area contributed by atoms with E-state index < -0.39 is 0 Å². The van der Waals surface area contributed by atoms with Crippen LogP contribution < -0.4 is 0 Å². The third kappa shape index (κ3) is 5.74. The summed E-state index contributed by atoms with van der Waals surface area (Å²) >= 11 is 0. The summed E-state index contributed by atoms with van der Waals surface area (Å²) in [5, 5.41) is 4.00. The zero-order valence-corrected chi connectivity index (χ0v) is 18.1. The van der Waals surface area contributed by atoms with E-state index in [1.54, 1.807) is 12.4 Å². The monoisotopic (exact) mass is 420 g/mol. The van der Waals surface area contributed by atoms with Crippen LogP contribution in [-0.2, 0) is 17.9 Å². The second-order valence-electron chi connectivity index (χ2n) is 8.07. The summed E-state index contributed by atoms with van der Waals surface area (Å²) in [7, 11) is 1.89.